The van der Waals surface area contributed by atoms with Crippen LogP contribution >= 0.6 is 0 Å². The van der Waals surface area contributed by atoms with Crippen LogP contribution in [0, 0.1) is 17.8 Å². The summed E-state index contributed by atoms with van der Waals surface area (Å²) >= 11 is 0. The van der Waals surface area contributed by atoms with E-state index >= 15 is 0 Å². The molecule has 3 rings (SSSR count). The molecule has 2 saturated carbocycles. The molecular weight excluding hydrogens is 248 g/mol. The molecule has 3 fully saturated rings. The molecule has 1 aliphatic heterocycles. The second-order valence-electron chi connectivity index (χ2n) is 7.06. The van der Waals surface area contributed by atoms with Gasteiger partial charge < -0.3 is 4.74 Å². The minimum absolute atomic E-state index is 0.0328. The first-order chi connectivity index (χ1) is 9.83. The first-order valence-electron chi connectivity index (χ1n) is 8.74. The van der Waals surface area contributed by atoms with Crippen molar-refractivity contribution in [3.05, 3.63) is 11.8 Å². The highest BCUT2D eigenvalue weighted by Gasteiger charge is 2.38. The molecule has 0 aromatic heterocycles. The highest BCUT2D eigenvalue weighted by atomic mass is 16.6. The number of carbonyl (C=O) groups is 1. The average molecular weight is 276 g/mol. The Balaban J connectivity index is 1.49. The van der Waals surface area contributed by atoms with Crippen LogP contribution in [0.5, 0.6) is 0 Å². The number of ether oxygens (including phenoxy) is 1. The lowest BCUT2D eigenvalue weighted by atomic mass is 9.80. The van der Waals surface area contributed by atoms with Gasteiger partial charge in [0.2, 0.25) is 0 Å². The number of hydrogen-bond acceptors (Lipinski definition) is 2. The molecule has 1 atom stereocenters. The van der Waals surface area contributed by atoms with Crippen LogP contribution in [0.2, 0.25) is 0 Å². The van der Waals surface area contributed by atoms with E-state index in [1.807, 2.05) is 0 Å². The normalized spacial score (nSPS) is 31.1. The minimum Gasteiger partial charge on any atom is -0.430 e. The maximum Gasteiger partial charge on any atom is 0.321 e. The van der Waals surface area contributed by atoms with E-state index in [-0.39, 0.29) is 11.9 Å². The van der Waals surface area contributed by atoms with Crippen molar-refractivity contribution >= 4 is 5.97 Å². The Morgan fingerprint density at radius 2 is 1.50 bits per heavy atom. The van der Waals surface area contributed by atoms with E-state index in [4.69, 9.17) is 4.74 Å². The van der Waals surface area contributed by atoms with Crippen LogP contribution in [0.4, 0.5) is 0 Å². The van der Waals surface area contributed by atoms with Crippen LogP contribution in [0.1, 0.15) is 77.0 Å². The molecular formula is C18H28O2. The number of cyclic esters (lactones) is 1. The molecule has 1 heterocycles. The van der Waals surface area contributed by atoms with E-state index in [1.54, 1.807) is 0 Å². The molecule has 0 amide bonds. The van der Waals surface area contributed by atoms with Gasteiger partial charge in [0.05, 0.1) is 0 Å². The zero-order chi connectivity index (χ0) is 13.8. The quantitative estimate of drug-likeness (QED) is 0.677. The van der Waals surface area contributed by atoms with Gasteiger partial charge in [-0.1, -0.05) is 64.2 Å². The molecule has 112 valence electrons. The third-order valence-corrected chi connectivity index (χ3v) is 5.52. The first-order valence-corrected chi connectivity index (χ1v) is 8.74. The fourth-order valence-corrected chi connectivity index (χ4v) is 4.17. The van der Waals surface area contributed by atoms with Gasteiger partial charge in [0, 0.05) is 0 Å². The summed E-state index contributed by atoms with van der Waals surface area (Å²) in [6.45, 7) is 0. The molecule has 1 saturated heterocycles. The highest BCUT2D eigenvalue weighted by Crippen LogP contribution is 2.38. The molecule has 1 unspecified atom stereocenters. The van der Waals surface area contributed by atoms with E-state index in [1.165, 1.54) is 64.2 Å². The molecule has 0 spiro atoms. The Hall–Kier alpha value is -0.790. The van der Waals surface area contributed by atoms with Crippen LogP contribution in [0.3, 0.4) is 0 Å². The van der Waals surface area contributed by atoms with Gasteiger partial charge in [0.25, 0.3) is 0 Å². The molecule has 0 aromatic rings. The molecule has 2 heteroatoms. The zero-order valence-electron chi connectivity index (χ0n) is 12.6. The van der Waals surface area contributed by atoms with Crippen molar-refractivity contribution in [1.29, 1.82) is 0 Å². The molecule has 0 N–H and O–H groups in total. The van der Waals surface area contributed by atoms with Gasteiger partial charge in [-0.25, -0.2) is 0 Å². The number of esters is 1. The smallest absolute Gasteiger partial charge is 0.321 e. The summed E-state index contributed by atoms with van der Waals surface area (Å²) in [5.74, 6) is 2.75. The number of hydrogen-bond donors (Lipinski definition) is 0. The Bertz CT molecular complexity index is 360. The predicted molar refractivity (Wildman–Crippen MR) is 80.0 cm³/mol. The van der Waals surface area contributed by atoms with Gasteiger partial charge in [-0.05, 0) is 30.8 Å². The van der Waals surface area contributed by atoms with Crippen molar-refractivity contribution in [1.82, 2.24) is 0 Å². The molecule has 0 bridgehead atoms. The third kappa shape index (κ3) is 3.45. The summed E-state index contributed by atoms with van der Waals surface area (Å²) in [4.78, 5) is 11.7. The van der Waals surface area contributed by atoms with Crippen molar-refractivity contribution in [3.63, 3.8) is 0 Å². The molecule has 3 aliphatic rings. The summed E-state index contributed by atoms with van der Waals surface area (Å²) in [5, 5.41) is 0. The lowest BCUT2D eigenvalue weighted by Gasteiger charge is -2.32. The Morgan fingerprint density at radius 3 is 2.10 bits per heavy atom. The topological polar surface area (TPSA) is 26.3 Å². The molecule has 0 radical (unpaired) electrons. The summed E-state index contributed by atoms with van der Waals surface area (Å²) in [5.41, 5.74) is 0. The monoisotopic (exact) mass is 276 g/mol. The third-order valence-electron chi connectivity index (χ3n) is 5.52. The molecule has 2 nitrogen and oxygen atoms in total. The van der Waals surface area contributed by atoms with Crippen molar-refractivity contribution in [2.45, 2.75) is 77.0 Å². The fraction of sp³-hybridized carbons (Fsp3) is 0.833. The average Bonchev–Trinajstić information content (AvgIpc) is 2.51. The SMILES string of the molecule is O=C1O/C(=C/CC2CCCCC2)C1CC1CCCCC1. The summed E-state index contributed by atoms with van der Waals surface area (Å²) < 4.78 is 5.31. The van der Waals surface area contributed by atoms with Crippen LogP contribution < -0.4 is 0 Å². The van der Waals surface area contributed by atoms with E-state index in [0.29, 0.717) is 0 Å². The zero-order valence-corrected chi connectivity index (χ0v) is 12.6. The second-order valence-corrected chi connectivity index (χ2v) is 7.06. The van der Waals surface area contributed by atoms with E-state index in [0.717, 1.165) is 30.4 Å². The van der Waals surface area contributed by atoms with Gasteiger partial charge >= 0.3 is 5.97 Å². The van der Waals surface area contributed by atoms with E-state index in [9.17, 15) is 4.79 Å². The largest absolute Gasteiger partial charge is 0.430 e. The van der Waals surface area contributed by atoms with Gasteiger partial charge in [-0.3, -0.25) is 4.79 Å². The molecule has 2 aliphatic carbocycles. The highest BCUT2D eigenvalue weighted by molar-refractivity contribution is 5.83. The first kappa shape index (κ1) is 14.2. The number of rotatable bonds is 4. The maximum absolute atomic E-state index is 11.7. The molecule has 0 aromatic carbocycles. The second kappa shape index (κ2) is 6.78. The van der Waals surface area contributed by atoms with Gasteiger partial charge in [0.15, 0.2) is 0 Å². The van der Waals surface area contributed by atoms with Crippen molar-refractivity contribution in [2.24, 2.45) is 17.8 Å². The number of carbonyl (C=O) groups excluding carboxylic acids is 1. The van der Waals surface area contributed by atoms with Crippen molar-refractivity contribution in [3.8, 4) is 0 Å². The van der Waals surface area contributed by atoms with E-state index < -0.39 is 0 Å². The van der Waals surface area contributed by atoms with Crippen LogP contribution in [0.15, 0.2) is 11.8 Å². The molecule has 20 heavy (non-hydrogen) atoms. The van der Waals surface area contributed by atoms with Gasteiger partial charge in [-0.15, -0.1) is 0 Å². The Morgan fingerprint density at radius 1 is 0.900 bits per heavy atom. The lowest BCUT2D eigenvalue weighted by Crippen LogP contribution is -2.34. The Labute approximate surface area is 123 Å². The minimum atomic E-state index is 0.0328. The van der Waals surface area contributed by atoms with Gasteiger partial charge in [-0.2, -0.15) is 0 Å². The van der Waals surface area contributed by atoms with Crippen molar-refractivity contribution < 1.29 is 9.53 Å². The van der Waals surface area contributed by atoms with E-state index in [2.05, 4.69) is 6.08 Å². The summed E-state index contributed by atoms with van der Waals surface area (Å²) in [6.07, 6.45) is 18.1. The number of allylic oxidation sites excluding steroid dienone is 1. The fourth-order valence-electron chi connectivity index (χ4n) is 4.17. The Kier molecular flexibility index (Phi) is 4.80. The van der Waals surface area contributed by atoms with Gasteiger partial charge in [0.1, 0.15) is 11.7 Å². The van der Waals surface area contributed by atoms with Crippen LogP contribution in [0.25, 0.3) is 0 Å². The lowest BCUT2D eigenvalue weighted by molar-refractivity contribution is -0.158. The van der Waals surface area contributed by atoms with Crippen molar-refractivity contribution in [2.75, 3.05) is 0 Å². The standard InChI is InChI=1S/C18H28O2/c19-18-16(13-15-9-5-2-6-10-15)17(20-18)12-11-14-7-3-1-4-8-14/h12,14-16H,1-11,13H2/b17-12+. The summed E-state index contributed by atoms with van der Waals surface area (Å²) in [7, 11) is 0. The summed E-state index contributed by atoms with van der Waals surface area (Å²) in [6, 6.07) is 0. The van der Waals surface area contributed by atoms with Crippen LogP contribution in [-0.4, -0.2) is 5.97 Å². The predicted octanol–water partition coefficient (Wildman–Crippen LogP) is 4.98. The maximum atomic E-state index is 11.7. The van der Waals surface area contributed by atoms with Crippen LogP contribution in [-0.2, 0) is 9.53 Å².